The largest absolute Gasteiger partial charge is 0.388 e. The van der Waals surface area contributed by atoms with E-state index in [0.29, 0.717) is 6.54 Å². The number of rotatable bonds is 4. The molecule has 0 aromatic heterocycles. The van der Waals surface area contributed by atoms with Crippen LogP contribution in [0.4, 0.5) is 0 Å². The Balaban J connectivity index is 1.89. The first-order valence-electron chi connectivity index (χ1n) is 7.32. The van der Waals surface area contributed by atoms with E-state index in [1.807, 2.05) is 31.2 Å². The number of hydrogen-bond acceptors (Lipinski definition) is 3. The van der Waals surface area contributed by atoms with Gasteiger partial charge in [0.25, 0.3) is 0 Å². The summed E-state index contributed by atoms with van der Waals surface area (Å²) >= 11 is 0. The van der Waals surface area contributed by atoms with Crippen molar-refractivity contribution in [1.29, 1.82) is 0 Å². The first-order chi connectivity index (χ1) is 9.50. The Hall–Kier alpha value is -1.39. The molecule has 1 aromatic rings. The molecule has 0 heterocycles. The molecule has 2 rings (SSSR count). The Morgan fingerprint density at radius 3 is 2.50 bits per heavy atom. The molecule has 1 amide bonds. The molecule has 0 saturated heterocycles. The van der Waals surface area contributed by atoms with E-state index in [2.05, 4.69) is 5.32 Å². The van der Waals surface area contributed by atoms with Crippen molar-refractivity contribution in [3.8, 4) is 0 Å². The molecule has 0 bridgehead atoms. The van der Waals surface area contributed by atoms with Gasteiger partial charge in [0.1, 0.15) is 6.04 Å². The zero-order valence-electron chi connectivity index (χ0n) is 12.1. The number of carbonyl (C=O) groups is 1. The molecule has 4 N–H and O–H groups in total. The molecular weight excluding hydrogens is 252 g/mol. The van der Waals surface area contributed by atoms with Crippen LogP contribution in [-0.4, -0.2) is 23.2 Å². The number of aryl methyl sites for hydroxylation is 1. The summed E-state index contributed by atoms with van der Waals surface area (Å²) in [5.41, 5.74) is 7.14. The van der Waals surface area contributed by atoms with Gasteiger partial charge in [-0.1, -0.05) is 49.1 Å². The van der Waals surface area contributed by atoms with Gasteiger partial charge in [0.15, 0.2) is 0 Å². The second-order valence-electron chi connectivity index (χ2n) is 5.89. The number of aliphatic hydroxyl groups is 1. The highest BCUT2D eigenvalue weighted by atomic mass is 16.3. The average Bonchev–Trinajstić information content (AvgIpc) is 2.46. The molecule has 0 aliphatic heterocycles. The van der Waals surface area contributed by atoms with Crippen molar-refractivity contribution < 1.29 is 9.90 Å². The summed E-state index contributed by atoms with van der Waals surface area (Å²) in [7, 11) is 0. The third-order valence-corrected chi connectivity index (χ3v) is 4.09. The van der Waals surface area contributed by atoms with Crippen LogP contribution in [-0.2, 0) is 4.79 Å². The van der Waals surface area contributed by atoms with Crippen molar-refractivity contribution >= 4 is 5.91 Å². The maximum absolute atomic E-state index is 12.1. The van der Waals surface area contributed by atoms with Gasteiger partial charge in [0, 0.05) is 6.54 Å². The molecule has 20 heavy (non-hydrogen) atoms. The molecule has 110 valence electrons. The summed E-state index contributed by atoms with van der Waals surface area (Å²) < 4.78 is 0. The maximum Gasteiger partial charge on any atom is 0.241 e. The Bertz CT molecular complexity index is 450. The van der Waals surface area contributed by atoms with Gasteiger partial charge in [0.05, 0.1) is 5.60 Å². The lowest BCUT2D eigenvalue weighted by atomic mass is 9.85. The van der Waals surface area contributed by atoms with Gasteiger partial charge in [0.2, 0.25) is 5.91 Å². The van der Waals surface area contributed by atoms with E-state index in [0.717, 1.165) is 36.8 Å². The van der Waals surface area contributed by atoms with Crippen LogP contribution in [0.2, 0.25) is 0 Å². The predicted octanol–water partition coefficient (Wildman–Crippen LogP) is 1.81. The van der Waals surface area contributed by atoms with Crippen LogP contribution in [0.3, 0.4) is 0 Å². The van der Waals surface area contributed by atoms with E-state index in [-0.39, 0.29) is 5.91 Å². The summed E-state index contributed by atoms with van der Waals surface area (Å²) in [6, 6.07) is 6.95. The summed E-state index contributed by atoms with van der Waals surface area (Å²) in [6.07, 6.45) is 4.73. The molecule has 4 nitrogen and oxygen atoms in total. The molecule has 1 aliphatic rings. The molecule has 0 radical (unpaired) electrons. The summed E-state index contributed by atoms with van der Waals surface area (Å²) in [5, 5.41) is 13.1. The van der Waals surface area contributed by atoms with Crippen molar-refractivity contribution in [2.75, 3.05) is 6.54 Å². The van der Waals surface area contributed by atoms with E-state index in [9.17, 15) is 9.90 Å². The lowest BCUT2D eigenvalue weighted by Crippen LogP contribution is -2.46. The average molecular weight is 276 g/mol. The highest BCUT2D eigenvalue weighted by Gasteiger charge is 2.30. The fourth-order valence-corrected chi connectivity index (χ4v) is 2.67. The topological polar surface area (TPSA) is 75.4 Å². The van der Waals surface area contributed by atoms with Gasteiger partial charge >= 0.3 is 0 Å². The fourth-order valence-electron chi connectivity index (χ4n) is 2.67. The van der Waals surface area contributed by atoms with Crippen LogP contribution < -0.4 is 11.1 Å². The number of benzene rings is 1. The number of amides is 1. The molecular formula is C16H24N2O2. The highest BCUT2D eigenvalue weighted by molar-refractivity contribution is 5.83. The van der Waals surface area contributed by atoms with Crippen LogP contribution in [0.15, 0.2) is 24.3 Å². The van der Waals surface area contributed by atoms with Crippen molar-refractivity contribution in [2.45, 2.75) is 50.7 Å². The number of nitrogens with two attached hydrogens (primary N) is 1. The molecule has 1 fully saturated rings. The quantitative estimate of drug-likeness (QED) is 0.785. The molecule has 1 unspecified atom stereocenters. The SMILES string of the molecule is Cc1ccc(C(N)C(=O)NCC2(O)CCCCC2)cc1. The number of carbonyl (C=O) groups excluding carboxylic acids is 1. The molecule has 1 saturated carbocycles. The van der Waals surface area contributed by atoms with E-state index >= 15 is 0 Å². The second-order valence-corrected chi connectivity index (χ2v) is 5.89. The normalized spacial score (nSPS) is 19.4. The smallest absolute Gasteiger partial charge is 0.241 e. The Morgan fingerprint density at radius 1 is 1.30 bits per heavy atom. The summed E-state index contributed by atoms with van der Waals surface area (Å²) in [4.78, 5) is 12.1. The third kappa shape index (κ3) is 3.81. The van der Waals surface area contributed by atoms with Gasteiger partial charge in [-0.05, 0) is 25.3 Å². The molecule has 1 atom stereocenters. The first-order valence-corrected chi connectivity index (χ1v) is 7.32. The van der Waals surface area contributed by atoms with Gasteiger partial charge in [-0.3, -0.25) is 4.79 Å². The monoisotopic (exact) mass is 276 g/mol. The second kappa shape index (κ2) is 6.37. The Morgan fingerprint density at radius 2 is 1.90 bits per heavy atom. The minimum atomic E-state index is -0.749. The van der Waals surface area contributed by atoms with Gasteiger partial charge < -0.3 is 16.2 Å². The lowest BCUT2D eigenvalue weighted by Gasteiger charge is -2.32. The van der Waals surface area contributed by atoms with E-state index in [1.165, 1.54) is 6.42 Å². The van der Waals surface area contributed by atoms with E-state index in [4.69, 9.17) is 5.73 Å². The van der Waals surface area contributed by atoms with Crippen molar-refractivity contribution in [1.82, 2.24) is 5.32 Å². The molecule has 1 aromatic carbocycles. The Kier molecular flexibility index (Phi) is 4.78. The predicted molar refractivity (Wildman–Crippen MR) is 79.2 cm³/mol. The van der Waals surface area contributed by atoms with Crippen LogP contribution in [0, 0.1) is 6.92 Å². The summed E-state index contributed by atoms with van der Waals surface area (Å²) in [5.74, 6) is -0.229. The van der Waals surface area contributed by atoms with E-state index < -0.39 is 11.6 Å². The Labute approximate surface area is 120 Å². The van der Waals surface area contributed by atoms with Gasteiger partial charge in [-0.15, -0.1) is 0 Å². The van der Waals surface area contributed by atoms with Gasteiger partial charge in [-0.25, -0.2) is 0 Å². The van der Waals surface area contributed by atoms with Crippen molar-refractivity contribution in [2.24, 2.45) is 5.73 Å². The van der Waals surface area contributed by atoms with Crippen molar-refractivity contribution in [3.63, 3.8) is 0 Å². The zero-order valence-corrected chi connectivity index (χ0v) is 12.1. The standard InChI is InChI=1S/C16H24N2O2/c1-12-5-7-13(8-6-12)14(17)15(19)18-11-16(20)9-3-2-4-10-16/h5-8,14,20H,2-4,9-11,17H2,1H3,(H,18,19). The van der Waals surface area contributed by atoms with Crippen LogP contribution >= 0.6 is 0 Å². The maximum atomic E-state index is 12.1. The van der Waals surface area contributed by atoms with Crippen LogP contribution in [0.1, 0.15) is 49.3 Å². The van der Waals surface area contributed by atoms with E-state index in [1.54, 1.807) is 0 Å². The number of hydrogen-bond donors (Lipinski definition) is 3. The molecule has 4 heteroatoms. The lowest BCUT2D eigenvalue weighted by molar-refractivity contribution is -0.124. The molecule has 0 spiro atoms. The zero-order chi connectivity index (χ0) is 14.6. The first kappa shape index (κ1) is 15.0. The minimum absolute atomic E-state index is 0.229. The fraction of sp³-hybridized carbons (Fsp3) is 0.562. The minimum Gasteiger partial charge on any atom is -0.388 e. The van der Waals surface area contributed by atoms with Crippen molar-refractivity contribution in [3.05, 3.63) is 35.4 Å². The molecule has 1 aliphatic carbocycles. The highest BCUT2D eigenvalue weighted by Crippen LogP contribution is 2.27. The van der Waals surface area contributed by atoms with Gasteiger partial charge in [-0.2, -0.15) is 0 Å². The summed E-state index contributed by atoms with van der Waals surface area (Å²) in [6.45, 7) is 2.29. The number of nitrogens with one attached hydrogen (secondary N) is 1. The van der Waals surface area contributed by atoms with Crippen LogP contribution in [0.5, 0.6) is 0 Å². The third-order valence-electron chi connectivity index (χ3n) is 4.09. The van der Waals surface area contributed by atoms with Crippen LogP contribution in [0.25, 0.3) is 0 Å².